The summed E-state index contributed by atoms with van der Waals surface area (Å²) in [7, 11) is -1.72. The van der Waals surface area contributed by atoms with E-state index >= 15 is 0 Å². The van der Waals surface area contributed by atoms with Crippen LogP contribution in [0.5, 0.6) is 0 Å². The first-order chi connectivity index (χ1) is 9.02. The molecule has 1 rings (SSSR count). The smallest absolute Gasteiger partial charge is 0.218 e. The van der Waals surface area contributed by atoms with Gasteiger partial charge in [-0.15, -0.1) is 0 Å². The molecule has 1 heterocycles. The van der Waals surface area contributed by atoms with Gasteiger partial charge in [0.15, 0.2) is 0 Å². The molecule has 0 bridgehead atoms. The third-order valence-corrected chi connectivity index (χ3v) is 5.61. The minimum Gasteiger partial charge on any atom is -0.383 e. The lowest BCUT2D eigenvalue weighted by molar-refractivity contribution is 0.0206. The lowest BCUT2D eigenvalue weighted by atomic mass is 10.1. The summed E-state index contributed by atoms with van der Waals surface area (Å²) < 4.78 is 36.6. The monoisotopic (exact) mass is 294 g/mol. The summed E-state index contributed by atoms with van der Waals surface area (Å²) in [6.07, 6.45) is 2.52. The van der Waals surface area contributed by atoms with E-state index in [0.717, 1.165) is 19.3 Å². The Morgan fingerprint density at radius 1 is 1.37 bits per heavy atom. The van der Waals surface area contributed by atoms with E-state index in [1.807, 2.05) is 0 Å². The van der Waals surface area contributed by atoms with Crippen LogP contribution in [0.15, 0.2) is 0 Å². The topological polar surface area (TPSA) is 81.9 Å². The Morgan fingerprint density at radius 2 is 2.00 bits per heavy atom. The minimum absolute atomic E-state index is 0.163. The Bertz CT molecular complexity index is 340. The predicted octanol–water partition coefficient (Wildman–Crippen LogP) is 0.181. The molecule has 0 aromatic carbocycles. The number of hydrogen-bond donors (Lipinski definition) is 1. The third kappa shape index (κ3) is 5.00. The van der Waals surface area contributed by atoms with Crippen molar-refractivity contribution >= 4 is 10.0 Å². The Labute approximate surface area is 116 Å². The summed E-state index contributed by atoms with van der Waals surface area (Å²) in [6.45, 7) is 4.26. The Morgan fingerprint density at radius 3 is 2.53 bits per heavy atom. The second kappa shape index (κ2) is 8.16. The molecular weight excluding hydrogens is 268 g/mol. The molecule has 0 aromatic heterocycles. The summed E-state index contributed by atoms with van der Waals surface area (Å²) in [6, 6.07) is 0. The van der Waals surface area contributed by atoms with Gasteiger partial charge in [0.1, 0.15) is 0 Å². The predicted molar refractivity (Wildman–Crippen MR) is 74.5 cm³/mol. The van der Waals surface area contributed by atoms with Gasteiger partial charge in [-0.3, -0.25) is 0 Å². The second-order valence-corrected chi connectivity index (χ2v) is 7.27. The van der Waals surface area contributed by atoms with Gasteiger partial charge in [-0.05, 0) is 32.7 Å². The number of methoxy groups -OCH3 is 1. The molecule has 1 unspecified atom stereocenters. The fourth-order valence-corrected chi connectivity index (χ4v) is 3.70. The van der Waals surface area contributed by atoms with Gasteiger partial charge >= 0.3 is 0 Å². The number of hydrogen-bond acceptors (Lipinski definition) is 5. The summed E-state index contributed by atoms with van der Waals surface area (Å²) in [5.74, 6) is 0. The van der Waals surface area contributed by atoms with E-state index < -0.39 is 15.3 Å². The average Bonchev–Trinajstić information content (AvgIpc) is 2.40. The zero-order valence-electron chi connectivity index (χ0n) is 11.9. The van der Waals surface area contributed by atoms with Crippen molar-refractivity contribution in [2.45, 2.75) is 37.5 Å². The van der Waals surface area contributed by atoms with Crippen LogP contribution in [0.2, 0.25) is 0 Å². The Kier molecular flexibility index (Phi) is 7.23. The summed E-state index contributed by atoms with van der Waals surface area (Å²) in [5, 5.41) is -0.493. The summed E-state index contributed by atoms with van der Waals surface area (Å²) in [4.78, 5) is 0. The molecule has 1 aliphatic rings. The van der Waals surface area contributed by atoms with Crippen molar-refractivity contribution in [1.82, 2.24) is 4.31 Å². The lowest BCUT2D eigenvalue weighted by Crippen LogP contribution is -2.45. The van der Waals surface area contributed by atoms with E-state index in [-0.39, 0.29) is 12.7 Å². The van der Waals surface area contributed by atoms with Crippen LogP contribution < -0.4 is 5.73 Å². The normalized spacial score (nSPS) is 20.6. The first-order valence-electron chi connectivity index (χ1n) is 6.82. The first kappa shape index (κ1) is 16.8. The van der Waals surface area contributed by atoms with Crippen molar-refractivity contribution in [3.05, 3.63) is 0 Å². The van der Waals surface area contributed by atoms with Crippen LogP contribution in [-0.2, 0) is 19.5 Å². The largest absolute Gasteiger partial charge is 0.383 e. The van der Waals surface area contributed by atoms with E-state index in [1.54, 1.807) is 11.2 Å². The maximum Gasteiger partial charge on any atom is 0.218 e. The van der Waals surface area contributed by atoms with Crippen molar-refractivity contribution in [3.8, 4) is 0 Å². The van der Waals surface area contributed by atoms with Crippen LogP contribution in [0.1, 0.15) is 26.2 Å². The number of nitrogens with zero attached hydrogens (tertiary/aromatic N) is 1. The molecule has 0 aliphatic carbocycles. The maximum atomic E-state index is 12.2. The molecule has 6 nitrogen and oxygen atoms in total. The molecule has 1 fully saturated rings. The molecule has 0 radical (unpaired) electrons. The number of nitrogens with two attached hydrogens (primary N) is 1. The highest BCUT2D eigenvalue weighted by atomic mass is 32.2. The van der Waals surface area contributed by atoms with Crippen molar-refractivity contribution in [1.29, 1.82) is 0 Å². The number of sulfonamides is 1. The fourth-order valence-electron chi connectivity index (χ4n) is 2.16. The van der Waals surface area contributed by atoms with Gasteiger partial charge in [-0.25, -0.2) is 12.7 Å². The summed E-state index contributed by atoms with van der Waals surface area (Å²) >= 11 is 0. The number of piperidine rings is 1. The quantitative estimate of drug-likeness (QED) is 0.646. The molecule has 114 valence electrons. The van der Waals surface area contributed by atoms with Gasteiger partial charge in [0, 0.05) is 26.8 Å². The van der Waals surface area contributed by atoms with Crippen molar-refractivity contribution in [3.63, 3.8) is 0 Å². The standard InChI is InChI=1S/C12H26N2O4S/c1-11(10-17-2)19(15,16)14-7-4-12(5-8-14)18-9-3-6-13/h11-12H,3-10,13H2,1-2H3. The van der Waals surface area contributed by atoms with Gasteiger partial charge < -0.3 is 15.2 Å². The van der Waals surface area contributed by atoms with Gasteiger partial charge in [-0.1, -0.05) is 0 Å². The van der Waals surface area contributed by atoms with Gasteiger partial charge in [0.2, 0.25) is 10.0 Å². The van der Waals surface area contributed by atoms with E-state index in [4.69, 9.17) is 15.2 Å². The first-order valence-corrected chi connectivity index (χ1v) is 8.32. The van der Waals surface area contributed by atoms with Gasteiger partial charge in [-0.2, -0.15) is 0 Å². The van der Waals surface area contributed by atoms with Crippen LogP contribution in [0.25, 0.3) is 0 Å². The second-order valence-electron chi connectivity index (χ2n) is 4.92. The Hall–Kier alpha value is -0.210. The highest BCUT2D eigenvalue weighted by molar-refractivity contribution is 7.89. The molecular formula is C12H26N2O4S. The van der Waals surface area contributed by atoms with Crippen LogP contribution in [0, 0.1) is 0 Å². The maximum absolute atomic E-state index is 12.2. The highest BCUT2D eigenvalue weighted by Gasteiger charge is 2.32. The highest BCUT2D eigenvalue weighted by Crippen LogP contribution is 2.19. The van der Waals surface area contributed by atoms with Gasteiger partial charge in [0.05, 0.1) is 18.0 Å². The van der Waals surface area contributed by atoms with Crippen molar-refractivity contribution in [2.75, 3.05) is 40.0 Å². The average molecular weight is 294 g/mol. The lowest BCUT2D eigenvalue weighted by Gasteiger charge is -2.32. The van der Waals surface area contributed by atoms with Crippen LogP contribution in [0.3, 0.4) is 0 Å². The van der Waals surface area contributed by atoms with Crippen molar-refractivity contribution in [2.24, 2.45) is 5.73 Å². The SMILES string of the molecule is COCC(C)S(=O)(=O)N1CCC(OCCCN)CC1. The van der Waals surface area contributed by atoms with Crippen LogP contribution in [-0.4, -0.2) is 64.0 Å². The zero-order valence-corrected chi connectivity index (χ0v) is 12.7. The molecule has 0 spiro atoms. The fraction of sp³-hybridized carbons (Fsp3) is 1.00. The number of ether oxygens (including phenoxy) is 2. The van der Waals surface area contributed by atoms with Crippen LogP contribution in [0.4, 0.5) is 0 Å². The van der Waals surface area contributed by atoms with Crippen molar-refractivity contribution < 1.29 is 17.9 Å². The molecule has 0 amide bonds. The molecule has 19 heavy (non-hydrogen) atoms. The Balaban J connectivity index is 2.40. The molecule has 1 aliphatic heterocycles. The minimum atomic E-state index is -3.24. The molecule has 1 saturated heterocycles. The van der Waals surface area contributed by atoms with Gasteiger partial charge in [0.25, 0.3) is 0 Å². The zero-order chi connectivity index (χ0) is 14.3. The molecule has 1 atom stereocenters. The summed E-state index contributed by atoms with van der Waals surface area (Å²) in [5.41, 5.74) is 5.41. The molecule has 0 saturated carbocycles. The molecule has 7 heteroatoms. The van der Waals surface area contributed by atoms with E-state index in [2.05, 4.69) is 0 Å². The molecule has 0 aromatic rings. The van der Waals surface area contributed by atoms with Crippen LogP contribution >= 0.6 is 0 Å². The third-order valence-electron chi connectivity index (χ3n) is 3.37. The van der Waals surface area contributed by atoms with E-state index in [0.29, 0.717) is 26.2 Å². The van der Waals surface area contributed by atoms with E-state index in [9.17, 15) is 8.42 Å². The van der Waals surface area contributed by atoms with E-state index in [1.165, 1.54) is 7.11 Å². The molecule has 2 N–H and O–H groups in total. The number of rotatable bonds is 8.